The zero-order valence-electron chi connectivity index (χ0n) is 10.0. The monoisotopic (exact) mass is 331 g/mol. The first-order valence-corrected chi connectivity index (χ1v) is 7.22. The lowest BCUT2D eigenvalue weighted by Gasteiger charge is -2.09. The van der Waals surface area contributed by atoms with Crippen molar-refractivity contribution >= 4 is 27.3 Å². The van der Waals surface area contributed by atoms with Crippen LogP contribution in [0.4, 0.5) is 8.78 Å². The third-order valence-electron chi connectivity index (χ3n) is 2.64. The van der Waals surface area contributed by atoms with Gasteiger partial charge < -0.3 is 0 Å². The van der Waals surface area contributed by atoms with Gasteiger partial charge in [-0.3, -0.25) is 0 Å². The number of hydrogen-bond acceptors (Lipinski definition) is 2. The number of aryl methyl sites for hydroxylation is 2. The largest absolute Gasteiger partial charge is 0.247 e. The summed E-state index contributed by atoms with van der Waals surface area (Å²) in [6.07, 6.45) is 0.481. The molecule has 0 spiro atoms. The first kappa shape index (κ1) is 13.6. The maximum absolute atomic E-state index is 13.6. The number of halogens is 3. The molecule has 1 unspecified atom stereocenters. The minimum Gasteiger partial charge on any atom is -0.247 e. The Bertz CT molecular complexity index is 568. The predicted molar refractivity (Wildman–Crippen MR) is 73.3 cm³/mol. The van der Waals surface area contributed by atoms with E-state index in [0.29, 0.717) is 12.0 Å². The summed E-state index contributed by atoms with van der Waals surface area (Å²) >= 11 is 5.15. The molecule has 0 aliphatic rings. The molecule has 96 valence electrons. The van der Waals surface area contributed by atoms with Gasteiger partial charge >= 0.3 is 0 Å². The van der Waals surface area contributed by atoms with Gasteiger partial charge in [-0.15, -0.1) is 11.3 Å². The van der Waals surface area contributed by atoms with Crippen molar-refractivity contribution in [1.29, 1.82) is 0 Å². The molecule has 2 rings (SSSR count). The summed E-state index contributed by atoms with van der Waals surface area (Å²) in [5.41, 5.74) is 1.46. The highest BCUT2D eigenvalue weighted by molar-refractivity contribution is 9.09. The third-order valence-corrected chi connectivity index (χ3v) is 4.91. The van der Waals surface area contributed by atoms with E-state index in [4.69, 9.17) is 0 Å². The number of rotatable bonds is 3. The zero-order valence-corrected chi connectivity index (χ0v) is 12.4. The smallest absolute Gasteiger partial charge is 0.129 e. The lowest BCUT2D eigenvalue weighted by atomic mass is 10.1. The Morgan fingerprint density at radius 1 is 1.33 bits per heavy atom. The predicted octanol–water partition coefficient (Wildman–Crippen LogP) is 4.72. The van der Waals surface area contributed by atoms with E-state index in [9.17, 15) is 8.78 Å². The molecular formula is C13H12BrF2NS. The van der Waals surface area contributed by atoms with Crippen LogP contribution in [0.25, 0.3) is 0 Å². The topological polar surface area (TPSA) is 12.9 Å². The molecule has 1 atom stereocenters. The van der Waals surface area contributed by atoms with Gasteiger partial charge in [0.25, 0.3) is 0 Å². The first-order valence-electron chi connectivity index (χ1n) is 5.49. The number of thiazole rings is 1. The highest BCUT2D eigenvalue weighted by atomic mass is 79.9. The van der Waals surface area contributed by atoms with Crippen LogP contribution in [0, 0.1) is 25.5 Å². The highest BCUT2D eigenvalue weighted by Gasteiger charge is 2.17. The molecule has 1 aromatic heterocycles. The van der Waals surface area contributed by atoms with Crippen molar-refractivity contribution < 1.29 is 8.78 Å². The lowest BCUT2D eigenvalue weighted by molar-refractivity contribution is 0.571. The van der Waals surface area contributed by atoms with Crippen molar-refractivity contribution in [3.63, 3.8) is 0 Å². The molecule has 0 fully saturated rings. The summed E-state index contributed by atoms with van der Waals surface area (Å²) in [7, 11) is 0. The average Bonchev–Trinajstić information content (AvgIpc) is 2.62. The number of alkyl halides is 1. The van der Waals surface area contributed by atoms with Gasteiger partial charge in [-0.2, -0.15) is 0 Å². The molecule has 0 radical (unpaired) electrons. The molecule has 2 aromatic rings. The van der Waals surface area contributed by atoms with E-state index in [2.05, 4.69) is 20.9 Å². The van der Waals surface area contributed by atoms with Crippen LogP contribution < -0.4 is 0 Å². The Labute approximate surface area is 117 Å². The van der Waals surface area contributed by atoms with Crippen LogP contribution in [0.3, 0.4) is 0 Å². The Morgan fingerprint density at radius 3 is 2.61 bits per heavy atom. The zero-order chi connectivity index (χ0) is 13.3. The van der Waals surface area contributed by atoms with Crippen LogP contribution >= 0.6 is 27.3 Å². The summed E-state index contributed by atoms with van der Waals surface area (Å²) in [6, 6.07) is 3.69. The van der Waals surface area contributed by atoms with E-state index < -0.39 is 11.6 Å². The molecule has 0 N–H and O–H groups in total. The Balaban J connectivity index is 2.21. The maximum Gasteiger partial charge on any atom is 0.129 e. The maximum atomic E-state index is 13.6. The molecular weight excluding hydrogens is 320 g/mol. The van der Waals surface area contributed by atoms with E-state index in [1.165, 1.54) is 12.1 Å². The molecule has 5 heteroatoms. The fourth-order valence-electron chi connectivity index (χ4n) is 1.81. The Hall–Kier alpha value is -0.810. The minimum absolute atomic E-state index is 0.00339. The van der Waals surface area contributed by atoms with E-state index in [-0.39, 0.29) is 4.83 Å². The molecule has 0 aliphatic heterocycles. The summed E-state index contributed by atoms with van der Waals surface area (Å²) in [5.74, 6) is -1.05. The fraction of sp³-hybridized carbons (Fsp3) is 0.308. The molecule has 0 saturated carbocycles. The quantitative estimate of drug-likeness (QED) is 0.742. The van der Waals surface area contributed by atoms with Gasteiger partial charge in [0.1, 0.15) is 11.6 Å². The van der Waals surface area contributed by atoms with Gasteiger partial charge in [-0.05, 0) is 31.9 Å². The second-order valence-electron chi connectivity index (χ2n) is 4.09. The van der Waals surface area contributed by atoms with Gasteiger partial charge in [0.05, 0.1) is 15.5 Å². The fourth-order valence-corrected chi connectivity index (χ4v) is 3.68. The molecule has 0 saturated heterocycles. The van der Waals surface area contributed by atoms with Crippen LogP contribution in [0.1, 0.15) is 26.0 Å². The molecule has 1 heterocycles. The average molecular weight is 332 g/mol. The van der Waals surface area contributed by atoms with Gasteiger partial charge in [0.2, 0.25) is 0 Å². The highest BCUT2D eigenvalue weighted by Crippen LogP contribution is 2.34. The van der Waals surface area contributed by atoms with E-state index >= 15 is 0 Å². The minimum atomic E-state index is -0.549. The first-order chi connectivity index (χ1) is 8.47. The van der Waals surface area contributed by atoms with Crippen molar-refractivity contribution in [2.24, 2.45) is 0 Å². The summed E-state index contributed by atoms with van der Waals surface area (Å²) in [6.45, 7) is 3.88. The van der Waals surface area contributed by atoms with E-state index in [0.717, 1.165) is 21.6 Å². The number of hydrogen-bond donors (Lipinski definition) is 0. The third kappa shape index (κ3) is 2.95. The van der Waals surface area contributed by atoms with Crippen LogP contribution in [0.15, 0.2) is 18.2 Å². The van der Waals surface area contributed by atoms with Crippen molar-refractivity contribution in [2.45, 2.75) is 25.1 Å². The lowest BCUT2D eigenvalue weighted by Crippen LogP contribution is -1.98. The summed E-state index contributed by atoms with van der Waals surface area (Å²) < 4.78 is 26.4. The molecule has 1 aromatic carbocycles. The van der Waals surface area contributed by atoms with E-state index in [1.54, 1.807) is 11.3 Å². The van der Waals surface area contributed by atoms with Crippen LogP contribution in [-0.4, -0.2) is 4.98 Å². The van der Waals surface area contributed by atoms with Crippen molar-refractivity contribution in [3.05, 3.63) is 51.0 Å². The normalized spacial score (nSPS) is 12.7. The number of benzene rings is 1. The molecule has 1 nitrogen and oxygen atoms in total. The van der Waals surface area contributed by atoms with E-state index in [1.807, 2.05) is 13.8 Å². The van der Waals surface area contributed by atoms with Gasteiger partial charge in [0, 0.05) is 10.9 Å². The van der Waals surface area contributed by atoms with Crippen molar-refractivity contribution in [1.82, 2.24) is 4.98 Å². The van der Waals surface area contributed by atoms with Gasteiger partial charge in [-0.25, -0.2) is 13.8 Å². The SMILES string of the molecule is Cc1nc(C)c(C(Br)Cc2ccc(F)cc2F)s1. The molecule has 0 bridgehead atoms. The van der Waals surface area contributed by atoms with Crippen LogP contribution in [-0.2, 0) is 6.42 Å². The van der Waals surface area contributed by atoms with Gasteiger partial charge in [-0.1, -0.05) is 22.0 Å². The second-order valence-corrected chi connectivity index (χ2v) is 6.43. The standard InChI is InChI=1S/C13H12BrF2NS/c1-7-13(18-8(2)17-7)11(14)5-9-3-4-10(15)6-12(9)16/h3-4,6,11H,5H2,1-2H3. The summed E-state index contributed by atoms with van der Waals surface area (Å²) in [5, 5.41) is 0.992. The molecule has 0 amide bonds. The number of aromatic nitrogens is 1. The second kappa shape index (κ2) is 5.45. The molecule has 18 heavy (non-hydrogen) atoms. The Morgan fingerprint density at radius 2 is 2.06 bits per heavy atom. The van der Waals surface area contributed by atoms with Crippen LogP contribution in [0.5, 0.6) is 0 Å². The Kier molecular flexibility index (Phi) is 4.12. The summed E-state index contributed by atoms with van der Waals surface area (Å²) in [4.78, 5) is 5.44. The van der Waals surface area contributed by atoms with Gasteiger partial charge in [0.15, 0.2) is 0 Å². The van der Waals surface area contributed by atoms with Crippen LogP contribution in [0.2, 0.25) is 0 Å². The van der Waals surface area contributed by atoms with Crippen molar-refractivity contribution in [3.8, 4) is 0 Å². The van der Waals surface area contributed by atoms with Crippen molar-refractivity contribution in [2.75, 3.05) is 0 Å². The molecule has 0 aliphatic carbocycles. The number of nitrogens with zero attached hydrogens (tertiary/aromatic N) is 1.